The fourth-order valence-electron chi connectivity index (χ4n) is 1.99. The first kappa shape index (κ1) is 14.2. The van der Waals surface area contributed by atoms with E-state index in [2.05, 4.69) is 21.0 Å². The third-order valence-corrected chi connectivity index (χ3v) is 3.90. The first-order valence-corrected chi connectivity index (χ1v) is 6.75. The van der Waals surface area contributed by atoms with Gasteiger partial charge < -0.3 is 9.84 Å². The van der Waals surface area contributed by atoms with Gasteiger partial charge in [0.05, 0.1) is 29.4 Å². The number of carboxylic acid groups (broad SMARTS) is 1. The number of nitrogens with zero attached hydrogens (tertiary/aromatic N) is 2. The molecular weight excluding hydrogens is 316 g/mol. The Labute approximate surface area is 118 Å². The number of morpholine rings is 1. The van der Waals surface area contributed by atoms with Crippen LogP contribution >= 0.6 is 16.1 Å². The monoisotopic (exact) mass is 330 g/mol. The first-order chi connectivity index (χ1) is 9.09. The number of rotatable bonds is 4. The number of carbonyl (C=O) groups is 1. The minimum Gasteiger partial charge on any atom is -0.477 e. The van der Waals surface area contributed by atoms with Crippen LogP contribution in [0.4, 0.5) is 0 Å². The van der Waals surface area contributed by atoms with Crippen molar-refractivity contribution in [2.45, 2.75) is 6.42 Å². The number of carboxylic acids is 1. The molecule has 0 aromatic carbocycles. The van der Waals surface area contributed by atoms with Crippen molar-refractivity contribution in [1.82, 2.24) is 8.49 Å². The Balaban J connectivity index is 2.06. The predicted octanol–water partition coefficient (Wildman–Crippen LogP) is 0.579. The second-order valence-electron chi connectivity index (χ2n) is 4.33. The Morgan fingerprint density at radius 3 is 2.68 bits per heavy atom. The van der Waals surface area contributed by atoms with Crippen LogP contribution in [0.2, 0.25) is 0 Å². The molecule has 2 rings (SSSR count). The number of hydrogen-bond donors (Lipinski definition) is 1. The van der Waals surface area contributed by atoms with Crippen LogP contribution in [0.1, 0.15) is 16.1 Å². The molecule has 0 atom stereocenters. The summed E-state index contributed by atoms with van der Waals surface area (Å²) in [6, 6.07) is 3.02. The third kappa shape index (κ3) is 3.43. The highest BCUT2D eigenvalue weighted by Gasteiger charge is 2.14. The summed E-state index contributed by atoms with van der Waals surface area (Å²) in [7, 11) is 0. The molecule has 1 aromatic heterocycles. The molecular formula is C12H15BrN2O4. The average molecular weight is 331 g/mol. The van der Waals surface area contributed by atoms with Gasteiger partial charge in [-0.05, 0) is 12.1 Å². The molecule has 0 radical (unpaired) electrons. The lowest BCUT2D eigenvalue weighted by molar-refractivity contribution is 0.0383. The average Bonchev–Trinajstić information content (AvgIpc) is 2.41. The van der Waals surface area contributed by atoms with Crippen LogP contribution in [0, 0.1) is 0 Å². The molecule has 0 unspecified atom stereocenters. The van der Waals surface area contributed by atoms with Gasteiger partial charge in [-0.15, -0.1) is 0 Å². The summed E-state index contributed by atoms with van der Waals surface area (Å²) in [6.07, 6.45) is 0.681. The summed E-state index contributed by atoms with van der Waals surface area (Å²) in [4.78, 5) is 24.9. The minimum atomic E-state index is -1.21. The van der Waals surface area contributed by atoms with E-state index in [1.54, 1.807) is 6.07 Å². The number of aromatic nitrogens is 1. The van der Waals surface area contributed by atoms with Crippen molar-refractivity contribution < 1.29 is 14.6 Å². The Morgan fingerprint density at radius 1 is 1.37 bits per heavy atom. The Bertz CT molecular complexity index is 523. The number of aromatic carboxylic acids is 1. The Kier molecular flexibility index (Phi) is 4.73. The fraction of sp³-hybridized carbons (Fsp3) is 0.500. The lowest BCUT2D eigenvalue weighted by atomic mass is 10.2. The molecule has 6 nitrogen and oxygen atoms in total. The Hall–Kier alpha value is -1.18. The SMILES string of the molecule is O=C(O)c1ccc(CCN2CCOCC2)n(Br)c1=O. The second-order valence-corrected chi connectivity index (χ2v) is 5.04. The molecule has 1 aliphatic rings. The topological polar surface area (TPSA) is 71.8 Å². The van der Waals surface area contributed by atoms with Crippen molar-refractivity contribution in [2.24, 2.45) is 0 Å². The van der Waals surface area contributed by atoms with E-state index in [1.165, 1.54) is 9.66 Å². The molecule has 0 aliphatic carbocycles. The largest absolute Gasteiger partial charge is 0.477 e. The third-order valence-electron chi connectivity index (χ3n) is 3.12. The van der Waals surface area contributed by atoms with Gasteiger partial charge in [0, 0.05) is 31.7 Å². The smallest absolute Gasteiger partial charge is 0.341 e. The maximum atomic E-state index is 11.8. The van der Waals surface area contributed by atoms with E-state index in [9.17, 15) is 9.59 Å². The molecule has 1 aliphatic heterocycles. The summed E-state index contributed by atoms with van der Waals surface area (Å²) >= 11 is 3.12. The lowest BCUT2D eigenvalue weighted by Crippen LogP contribution is -2.38. The summed E-state index contributed by atoms with van der Waals surface area (Å²) in [5.74, 6) is -1.21. The van der Waals surface area contributed by atoms with Gasteiger partial charge in [-0.2, -0.15) is 0 Å². The quantitative estimate of drug-likeness (QED) is 0.874. The maximum Gasteiger partial charge on any atom is 0.341 e. The van der Waals surface area contributed by atoms with Crippen LogP contribution in [0.3, 0.4) is 0 Å². The highest BCUT2D eigenvalue weighted by atomic mass is 79.9. The summed E-state index contributed by atoms with van der Waals surface area (Å²) < 4.78 is 6.50. The molecule has 1 aromatic rings. The van der Waals surface area contributed by atoms with E-state index in [1.807, 2.05) is 0 Å². The lowest BCUT2D eigenvalue weighted by Gasteiger charge is -2.26. The van der Waals surface area contributed by atoms with Crippen LogP contribution in [0.5, 0.6) is 0 Å². The van der Waals surface area contributed by atoms with Gasteiger partial charge in [0.2, 0.25) is 0 Å². The molecule has 1 N–H and O–H groups in total. The molecule has 0 spiro atoms. The van der Waals surface area contributed by atoms with Crippen molar-refractivity contribution in [1.29, 1.82) is 0 Å². The van der Waals surface area contributed by atoms with Gasteiger partial charge in [0.15, 0.2) is 0 Å². The number of halogens is 1. The summed E-state index contributed by atoms with van der Waals surface area (Å²) in [5, 5.41) is 8.86. The summed E-state index contributed by atoms with van der Waals surface area (Å²) in [6.45, 7) is 4.07. The van der Waals surface area contributed by atoms with Gasteiger partial charge >= 0.3 is 5.97 Å². The number of pyridine rings is 1. The zero-order chi connectivity index (χ0) is 13.8. The van der Waals surface area contributed by atoms with Gasteiger partial charge in [0.1, 0.15) is 5.56 Å². The van der Waals surface area contributed by atoms with Crippen LogP contribution < -0.4 is 5.56 Å². The second kappa shape index (κ2) is 6.31. The molecule has 1 saturated heterocycles. The zero-order valence-electron chi connectivity index (χ0n) is 10.3. The van der Waals surface area contributed by atoms with Crippen LogP contribution in [-0.4, -0.2) is 52.4 Å². The van der Waals surface area contributed by atoms with E-state index in [-0.39, 0.29) is 5.56 Å². The first-order valence-electron chi connectivity index (χ1n) is 6.04. The van der Waals surface area contributed by atoms with Crippen LogP contribution in [-0.2, 0) is 11.2 Å². The Morgan fingerprint density at radius 2 is 2.05 bits per heavy atom. The van der Waals surface area contributed by atoms with E-state index in [0.717, 1.165) is 38.5 Å². The molecule has 0 amide bonds. The van der Waals surface area contributed by atoms with Crippen molar-refractivity contribution in [3.8, 4) is 0 Å². The van der Waals surface area contributed by atoms with Gasteiger partial charge in [-0.3, -0.25) is 9.69 Å². The molecule has 104 valence electrons. The van der Waals surface area contributed by atoms with E-state index >= 15 is 0 Å². The molecule has 0 saturated carbocycles. The molecule has 1 fully saturated rings. The molecule has 7 heteroatoms. The van der Waals surface area contributed by atoms with E-state index in [0.29, 0.717) is 6.42 Å². The minimum absolute atomic E-state index is 0.230. The van der Waals surface area contributed by atoms with E-state index in [4.69, 9.17) is 9.84 Å². The van der Waals surface area contributed by atoms with Crippen molar-refractivity contribution in [3.05, 3.63) is 33.7 Å². The zero-order valence-corrected chi connectivity index (χ0v) is 11.9. The molecule has 0 bridgehead atoms. The highest BCUT2D eigenvalue weighted by molar-refractivity contribution is 9.08. The van der Waals surface area contributed by atoms with Crippen molar-refractivity contribution in [3.63, 3.8) is 0 Å². The number of ether oxygens (including phenoxy) is 1. The van der Waals surface area contributed by atoms with Gasteiger partial charge in [-0.1, -0.05) is 0 Å². The van der Waals surface area contributed by atoms with Gasteiger partial charge in [-0.25, -0.2) is 8.39 Å². The molecule has 19 heavy (non-hydrogen) atoms. The normalized spacial score (nSPS) is 16.5. The fourth-order valence-corrected chi connectivity index (χ4v) is 2.48. The number of hydrogen-bond acceptors (Lipinski definition) is 4. The molecule has 2 heterocycles. The standard InChI is InChI=1S/C12H15BrN2O4/c13-15-9(1-2-10(11(15)16)12(17)18)3-4-14-5-7-19-8-6-14/h1-2H,3-8H2,(H,17,18). The maximum absolute atomic E-state index is 11.8. The van der Waals surface area contributed by atoms with Crippen molar-refractivity contribution in [2.75, 3.05) is 32.8 Å². The van der Waals surface area contributed by atoms with Crippen LogP contribution in [0.25, 0.3) is 0 Å². The van der Waals surface area contributed by atoms with Gasteiger partial charge in [0.25, 0.3) is 5.56 Å². The van der Waals surface area contributed by atoms with E-state index < -0.39 is 11.5 Å². The summed E-state index contributed by atoms with van der Waals surface area (Å²) in [5.41, 5.74) is 0.000432. The highest BCUT2D eigenvalue weighted by Crippen LogP contribution is 2.06. The van der Waals surface area contributed by atoms with Crippen molar-refractivity contribution >= 4 is 22.1 Å². The predicted molar refractivity (Wildman–Crippen MR) is 72.9 cm³/mol. The van der Waals surface area contributed by atoms with Crippen LogP contribution in [0.15, 0.2) is 16.9 Å².